The van der Waals surface area contributed by atoms with E-state index in [2.05, 4.69) is 5.32 Å². The molecule has 0 heterocycles. The normalized spacial score (nSPS) is 17.4. The van der Waals surface area contributed by atoms with Crippen LogP contribution < -0.4 is 11.1 Å². The number of nitrogens with two attached hydrogens (primary N) is 1. The van der Waals surface area contributed by atoms with Crippen molar-refractivity contribution < 1.29 is 15.0 Å². The molecule has 0 aliphatic rings. The third-order valence-corrected chi connectivity index (χ3v) is 4.22. The minimum atomic E-state index is -1.55. The monoisotopic (exact) mass is 308 g/mol. The minimum absolute atomic E-state index is 0.0371. The summed E-state index contributed by atoms with van der Waals surface area (Å²) in [5.74, 6) is -0.506. The zero-order valence-corrected chi connectivity index (χ0v) is 13.8. The Morgan fingerprint density at radius 3 is 2.23 bits per heavy atom. The van der Waals surface area contributed by atoms with Crippen LogP contribution in [-0.4, -0.2) is 40.4 Å². The number of nitrogens with one attached hydrogen (secondary N) is 1. The third-order valence-electron chi connectivity index (χ3n) is 4.22. The second-order valence-corrected chi connectivity index (χ2v) is 6.89. The first-order valence-corrected chi connectivity index (χ1v) is 7.55. The lowest BCUT2D eigenvalue weighted by molar-refractivity contribution is -0.150. The Hall–Kier alpha value is -1.43. The minimum Gasteiger partial charge on any atom is -0.390 e. The maximum Gasteiger partial charge on any atom is 0.252 e. The van der Waals surface area contributed by atoms with Gasteiger partial charge in [0, 0.05) is 6.54 Å². The third kappa shape index (κ3) is 4.53. The standard InChI is InChI=1S/C17H28N2O3/c1-16(2,3)17(4,22)15(21)19-13(14(20)11-18)10-12-8-6-5-7-9-12/h5-9,13-14,20,22H,10-11,18H2,1-4H3,(H,19,21)/t13-,14+,17?/m0/s1. The van der Waals surface area contributed by atoms with Crippen LogP contribution in [0.15, 0.2) is 30.3 Å². The quantitative estimate of drug-likeness (QED) is 0.626. The molecule has 3 atom stereocenters. The number of aliphatic hydroxyl groups excluding tert-OH is 1. The van der Waals surface area contributed by atoms with Crippen LogP contribution in [0.4, 0.5) is 0 Å². The van der Waals surface area contributed by atoms with Crippen LogP contribution in [0.3, 0.4) is 0 Å². The van der Waals surface area contributed by atoms with E-state index in [-0.39, 0.29) is 6.54 Å². The van der Waals surface area contributed by atoms with Gasteiger partial charge in [-0.25, -0.2) is 0 Å². The lowest BCUT2D eigenvalue weighted by atomic mass is 9.77. The van der Waals surface area contributed by atoms with Crippen molar-refractivity contribution in [1.29, 1.82) is 0 Å². The molecule has 1 rings (SSSR count). The highest BCUT2D eigenvalue weighted by molar-refractivity contribution is 5.85. The van der Waals surface area contributed by atoms with Crippen molar-refractivity contribution in [2.24, 2.45) is 11.1 Å². The zero-order chi connectivity index (χ0) is 17.0. The molecular formula is C17H28N2O3. The Kier molecular flexibility index (Phi) is 6.11. The van der Waals surface area contributed by atoms with Gasteiger partial charge >= 0.3 is 0 Å². The maximum absolute atomic E-state index is 12.4. The van der Waals surface area contributed by atoms with Crippen LogP contribution in [0, 0.1) is 5.41 Å². The highest BCUT2D eigenvalue weighted by atomic mass is 16.3. The van der Waals surface area contributed by atoms with Crippen molar-refractivity contribution in [3.63, 3.8) is 0 Å². The van der Waals surface area contributed by atoms with Crippen molar-refractivity contribution in [3.8, 4) is 0 Å². The van der Waals surface area contributed by atoms with E-state index in [0.29, 0.717) is 6.42 Å². The van der Waals surface area contributed by atoms with Gasteiger partial charge in [0.15, 0.2) is 0 Å². The molecule has 0 saturated carbocycles. The lowest BCUT2D eigenvalue weighted by Crippen LogP contribution is -2.58. The molecule has 0 fully saturated rings. The van der Waals surface area contributed by atoms with Crippen molar-refractivity contribution in [2.45, 2.75) is 51.9 Å². The SMILES string of the molecule is CC(C)(C)C(C)(O)C(=O)N[C@@H](Cc1ccccc1)[C@H](O)CN. The Bertz CT molecular complexity index is 480. The molecule has 124 valence electrons. The summed E-state index contributed by atoms with van der Waals surface area (Å²) in [6.07, 6.45) is -0.425. The molecule has 1 aromatic carbocycles. The molecular weight excluding hydrogens is 280 g/mol. The van der Waals surface area contributed by atoms with E-state index in [1.54, 1.807) is 20.8 Å². The average Bonchev–Trinajstić information content (AvgIpc) is 2.45. The number of carbonyl (C=O) groups excluding carboxylic acids is 1. The summed E-state index contributed by atoms with van der Waals surface area (Å²) in [6.45, 7) is 6.89. The molecule has 0 radical (unpaired) electrons. The number of aliphatic hydroxyl groups is 2. The van der Waals surface area contributed by atoms with Crippen molar-refractivity contribution in [2.75, 3.05) is 6.54 Å². The average molecular weight is 308 g/mol. The van der Waals surface area contributed by atoms with Gasteiger partial charge in [-0.1, -0.05) is 51.1 Å². The van der Waals surface area contributed by atoms with Gasteiger partial charge in [-0.3, -0.25) is 4.79 Å². The van der Waals surface area contributed by atoms with E-state index in [1.165, 1.54) is 6.92 Å². The summed E-state index contributed by atoms with van der Waals surface area (Å²) in [4.78, 5) is 12.4. The van der Waals surface area contributed by atoms with Crippen LogP contribution in [0.2, 0.25) is 0 Å². The lowest BCUT2D eigenvalue weighted by Gasteiger charge is -2.37. The molecule has 0 spiro atoms. The molecule has 0 aliphatic heterocycles. The van der Waals surface area contributed by atoms with Gasteiger partial charge in [0.25, 0.3) is 5.91 Å². The molecule has 0 aliphatic carbocycles. The summed E-state index contributed by atoms with van der Waals surface area (Å²) in [5.41, 5.74) is 4.35. The summed E-state index contributed by atoms with van der Waals surface area (Å²) in [6, 6.07) is 8.99. The number of benzene rings is 1. The predicted molar refractivity (Wildman–Crippen MR) is 87.2 cm³/mol. The second-order valence-electron chi connectivity index (χ2n) is 6.89. The highest BCUT2D eigenvalue weighted by Crippen LogP contribution is 2.30. The Morgan fingerprint density at radius 2 is 1.77 bits per heavy atom. The van der Waals surface area contributed by atoms with E-state index < -0.39 is 29.1 Å². The molecule has 5 nitrogen and oxygen atoms in total. The largest absolute Gasteiger partial charge is 0.390 e. The van der Waals surface area contributed by atoms with E-state index in [4.69, 9.17) is 5.73 Å². The Labute approximate surface area is 132 Å². The van der Waals surface area contributed by atoms with Crippen LogP contribution in [0.5, 0.6) is 0 Å². The molecule has 1 unspecified atom stereocenters. The maximum atomic E-state index is 12.4. The Morgan fingerprint density at radius 1 is 1.23 bits per heavy atom. The Balaban J connectivity index is 2.88. The summed E-state index contributed by atoms with van der Waals surface area (Å²) in [5, 5.41) is 23.3. The number of hydrogen-bond acceptors (Lipinski definition) is 4. The second kappa shape index (κ2) is 7.22. The van der Waals surface area contributed by atoms with Gasteiger partial charge in [0.2, 0.25) is 0 Å². The van der Waals surface area contributed by atoms with Gasteiger partial charge in [-0.15, -0.1) is 0 Å². The first-order valence-electron chi connectivity index (χ1n) is 7.55. The molecule has 0 aromatic heterocycles. The van der Waals surface area contributed by atoms with Crippen molar-refractivity contribution >= 4 is 5.91 Å². The topological polar surface area (TPSA) is 95.6 Å². The number of carbonyl (C=O) groups is 1. The van der Waals surface area contributed by atoms with Crippen molar-refractivity contribution in [1.82, 2.24) is 5.32 Å². The molecule has 5 heteroatoms. The van der Waals surface area contributed by atoms with Gasteiger partial charge in [-0.05, 0) is 24.3 Å². The van der Waals surface area contributed by atoms with Crippen molar-refractivity contribution in [3.05, 3.63) is 35.9 Å². The number of amides is 1. The van der Waals surface area contributed by atoms with Gasteiger partial charge < -0.3 is 21.3 Å². The first-order chi connectivity index (χ1) is 10.1. The smallest absolute Gasteiger partial charge is 0.252 e. The summed E-state index contributed by atoms with van der Waals surface area (Å²) >= 11 is 0. The van der Waals surface area contributed by atoms with Gasteiger partial charge in [-0.2, -0.15) is 0 Å². The molecule has 0 saturated heterocycles. The number of rotatable bonds is 6. The number of hydrogen-bond donors (Lipinski definition) is 4. The van der Waals surface area contributed by atoms with E-state index in [9.17, 15) is 15.0 Å². The fourth-order valence-electron chi connectivity index (χ4n) is 1.97. The fraction of sp³-hybridized carbons (Fsp3) is 0.588. The van der Waals surface area contributed by atoms with Crippen LogP contribution in [0.25, 0.3) is 0 Å². The van der Waals surface area contributed by atoms with E-state index in [1.807, 2.05) is 30.3 Å². The zero-order valence-electron chi connectivity index (χ0n) is 13.8. The fourth-order valence-corrected chi connectivity index (χ4v) is 1.97. The van der Waals surface area contributed by atoms with Crippen LogP contribution in [0.1, 0.15) is 33.3 Å². The van der Waals surface area contributed by atoms with E-state index in [0.717, 1.165) is 5.56 Å². The molecule has 5 N–H and O–H groups in total. The predicted octanol–water partition coefficient (Wildman–Crippen LogP) is 0.831. The van der Waals surface area contributed by atoms with Gasteiger partial charge in [0.1, 0.15) is 5.60 Å². The van der Waals surface area contributed by atoms with Gasteiger partial charge in [0.05, 0.1) is 12.1 Å². The summed E-state index contributed by atoms with van der Waals surface area (Å²) in [7, 11) is 0. The van der Waals surface area contributed by atoms with E-state index >= 15 is 0 Å². The first kappa shape index (κ1) is 18.6. The highest BCUT2D eigenvalue weighted by Gasteiger charge is 2.43. The molecule has 0 bridgehead atoms. The molecule has 1 amide bonds. The molecule has 22 heavy (non-hydrogen) atoms. The molecule has 1 aromatic rings. The van der Waals surface area contributed by atoms with Crippen LogP contribution >= 0.6 is 0 Å². The summed E-state index contributed by atoms with van der Waals surface area (Å²) < 4.78 is 0. The van der Waals surface area contributed by atoms with Crippen LogP contribution in [-0.2, 0) is 11.2 Å².